The molecule has 2 unspecified atom stereocenters. The summed E-state index contributed by atoms with van der Waals surface area (Å²) in [6, 6.07) is 7.86. The fourth-order valence-corrected chi connectivity index (χ4v) is 5.55. The Hall–Kier alpha value is -4.35. The first-order chi connectivity index (χ1) is 20.2. The first kappa shape index (κ1) is 27.8. The van der Waals surface area contributed by atoms with E-state index in [1.165, 1.54) is 35.3 Å². The molecule has 10 nitrogen and oxygen atoms in total. The summed E-state index contributed by atoms with van der Waals surface area (Å²) in [6.45, 7) is 1.87. The SMILES string of the molecule is CC1CCCC(c2coc(-c3c(-n4cc(Cl)nn4)ccc(Cl)c3F)cc2=O)c2cc(ccn2)-c2c(cnn2C)NC1=O. The van der Waals surface area contributed by atoms with Gasteiger partial charge in [-0.3, -0.25) is 19.3 Å². The topological polar surface area (TPSA) is 121 Å². The molecule has 5 aromatic rings. The van der Waals surface area contributed by atoms with Crippen molar-refractivity contribution in [3.8, 4) is 28.3 Å². The van der Waals surface area contributed by atoms with Crippen molar-refractivity contribution in [2.75, 3.05) is 5.32 Å². The molecule has 214 valence electrons. The second kappa shape index (κ2) is 11.1. The highest BCUT2D eigenvalue weighted by Gasteiger charge is 2.26. The van der Waals surface area contributed by atoms with E-state index in [1.807, 2.05) is 19.1 Å². The van der Waals surface area contributed by atoms with Gasteiger partial charge in [0.15, 0.2) is 16.4 Å². The van der Waals surface area contributed by atoms with Crippen molar-refractivity contribution in [3.63, 3.8) is 0 Å². The summed E-state index contributed by atoms with van der Waals surface area (Å²) in [7, 11) is 1.79. The molecule has 0 fully saturated rings. The lowest BCUT2D eigenvalue weighted by atomic mass is 9.88. The Morgan fingerprint density at radius 3 is 2.74 bits per heavy atom. The van der Waals surface area contributed by atoms with Crippen LogP contribution >= 0.6 is 23.2 Å². The van der Waals surface area contributed by atoms with Gasteiger partial charge in [-0.15, -0.1) is 5.10 Å². The average Bonchev–Trinajstić information content (AvgIpc) is 3.57. The van der Waals surface area contributed by atoms with E-state index in [1.54, 1.807) is 24.1 Å². The zero-order valence-corrected chi connectivity index (χ0v) is 24.0. The third-order valence-corrected chi connectivity index (χ3v) is 7.92. The lowest BCUT2D eigenvalue weighted by molar-refractivity contribution is -0.119. The number of anilines is 1. The van der Waals surface area contributed by atoms with Crippen LogP contribution in [-0.4, -0.2) is 35.7 Å². The number of amides is 1. The summed E-state index contributed by atoms with van der Waals surface area (Å²) in [5.74, 6) is -1.63. The highest BCUT2D eigenvalue weighted by molar-refractivity contribution is 6.31. The summed E-state index contributed by atoms with van der Waals surface area (Å²) >= 11 is 12.0. The Labute approximate surface area is 249 Å². The molecule has 1 amide bonds. The normalized spacial score (nSPS) is 17.2. The summed E-state index contributed by atoms with van der Waals surface area (Å²) in [5, 5.41) is 14.9. The van der Waals surface area contributed by atoms with Gasteiger partial charge in [-0.2, -0.15) is 5.10 Å². The van der Waals surface area contributed by atoms with Gasteiger partial charge in [0.1, 0.15) is 5.76 Å². The van der Waals surface area contributed by atoms with Crippen LogP contribution in [0.1, 0.15) is 43.4 Å². The number of fused-ring (bicyclic) bond motifs is 4. The second-order valence-electron chi connectivity index (χ2n) is 10.2. The fraction of sp³-hybridized carbons (Fsp3) is 0.241. The number of benzene rings is 1. The van der Waals surface area contributed by atoms with Gasteiger partial charge < -0.3 is 9.73 Å². The predicted octanol–water partition coefficient (Wildman–Crippen LogP) is 6.02. The first-order valence-corrected chi connectivity index (χ1v) is 14.0. The largest absolute Gasteiger partial charge is 0.464 e. The summed E-state index contributed by atoms with van der Waals surface area (Å²) < 4.78 is 24.3. The minimum Gasteiger partial charge on any atom is -0.464 e. The van der Waals surface area contributed by atoms with Crippen molar-refractivity contribution in [1.82, 2.24) is 29.8 Å². The zero-order valence-electron chi connectivity index (χ0n) is 22.5. The molecule has 0 spiro atoms. The molecule has 0 saturated heterocycles. The maximum absolute atomic E-state index is 15.4. The number of hydrogen-bond donors (Lipinski definition) is 1. The predicted molar refractivity (Wildman–Crippen MR) is 155 cm³/mol. The van der Waals surface area contributed by atoms with Gasteiger partial charge in [-0.05, 0) is 37.1 Å². The summed E-state index contributed by atoms with van der Waals surface area (Å²) in [6.07, 6.45) is 7.80. The molecular weight excluding hydrogens is 584 g/mol. The van der Waals surface area contributed by atoms with Crippen molar-refractivity contribution in [2.24, 2.45) is 13.0 Å². The van der Waals surface area contributed by atoms with Gasteiger partial charge in [0, 0.05) is 48.0 Å². The fourth-order valence-electron chi connectivity index (χ4n) is 5.27. The standard InChI is InChI=1S/C29H24Cl2FN7O3/c1-15-4-3-5-17(20-10-16(8-9-33-20)28-21(35-29(15)41)12-34-38(28)2)18-14-42-24(11-23(18)40)26-22(7-6-19(30)27(26)32)39-13-25(31)36-37-39/h6-15,17H,3-5H2,1-2H3,(H,35,41). The van der Waals surface area contributed by atoms with Gasteiger partial charge in [0.25, 0.3) is 0 Å². The number of nitrogens with zero attached hydrogens (tertiary/aromatic N) is 6. The van der Waals surface area contributed by atoms with Crippen LogP contribution in [0.2, 0.25) is 10.2 Å². The number of nitrogens with one attached hydrogen (secondary N) is 1. The quantitative estimate of drug-likeness (QED) is 0.266. The van der Waals surface area contributed by atoms with Gasteiger partial charge in [-0.1, -0.05) is 41.8 Å². The number of rotatable bonds is 3. The van der Waals surface area contributed by atoms with Crippen molar-refractivity contribution in [1.29, 1.82) is 0 Å². The van der Waals surface area contributed by atoms with Crippen LogP contribution in [0.5, 0.6) is 0 Å². The van der Waals surface area contributed by atoms with Gasteiger partial charge in [0.2, 0.25) is 5.91 Å². The molecule has 0 radical (unpaired) electrons. The molecule has 1 aliphatic heterocycles. The molecule has 4 aromatic heterocycles. The molecule has 2 atom stereocenters. The van der Waals surface area contributed by atoms with Crippen LogP contribution in [0.4, 0.5) is 10.1 Å². The van der Waals surface area contributed by atoms with Gasteiger partial charge in [0.05, 0.1) is 46.3 Å². The van der Waals surface area contributed by atoms with Gasteiger partial charge >= 0.3 is 0 Å². The first-order valence-electron chi connectivity index (χ1n) is 13.2. The van der Waals surface area contributed by atoms with Crippen molar-refractivity contribution >= 4 is 34.8 Å². The maximum Gasteiger partial charge on any atom is 0.227 e. The average molecular weight is 608 g/mol. The van der Waals surface area contributed by atoms with Crippen LogP contribution < -0.4 is 10.7 Å². The van der Waals surface area contributed by atoms with Gasteiger partial charge in [-0.25, -0.2) is 9.07 Å². The Bertz CT molecular complexity index is 1880. The van der Waals surface area contributed by atoms with Crippen molar-refractivity contribution < 1.29 is 13.6 Å². The zero-order chi connectivity index (χ0) is 29.5. The molecule has 13 heteroatoms. The number of carbonyl (C=O) groups excluding carboxylic acids is 1. The molecule has 6 rings (SSSR count). The third-order valence-electron chi connectivity index (χ3n) is 7.45. The molecule has 1 aromatic carbocycles. The van der Waals surface area contributed by atoms with Crippen molar-refractivity contribution in [3.05, 3.63) is 92.7 Å². The Morgan fingerprint density at radius 1 is 1.14 bits per heavy atom. The van der Waals surface area contributed by atoms with E-state index >= 15 is 4.39 Å². The lowest BCUT2D eigenvalue weighted by Crippen LogP contribution is -2.22. The number of halogens is 3. The maximum atomic E-state index is 15.4. The molecule has 0 aliphatic carbocycles. The second-order valence-corrected chi connectivity index (χ2v) is 11.0. The summed E-state index contributed by atoms with van der Waals surface area (Å²) in [5.41, 5.74) is 2.93. The minimum absolute atomic E-state index is 0.0370. The van der Waals surface area contributed by atoms with E-state index in [0.717, 1.165) is 11.3 Å². The molecule has 1 aliphatic rings. The number of aryl methyl sites for hydroxylation is 1. The van der Waals surface area contributed by atoms with Crippen LogP contribution in [0.3, 0.4) is 0 Å². The van der Waals surface area contributed by atoms with E-state index in [2.05, 4.69) is 25.7 Å². The highest BCUT2D eigenvalue weighted by Crippen LogP contribution is 2.36. The molecule has 5 heterocycles. The minimum atomic E-state index is -0.781. The Kier molecular flexibility index (Phi) is 7.38. The molecule has 42 heavy (non-hydrogen) atoms. The number of hydrogen-bond acceptors (Lipinski definition) is 7. The smallest absolute Gasteiger partial charge is 0.227 e. The third kappa shape index (κ3) is 5.10. The monoisotopic (exact) mass is 607 g/mol. The number of pyridine rings is 1. The Morgan fingerprint density at radius 2 is 1.98 bits per heavy atom. The van der Waals surface area contributed by atoms with E-state index in [-0.39, 0.29) is 44.4 Å². The lowest BCUT2D eigenvalue weighted by Gasteiger charge is -2.20. The number of carbonyl (C=O) groups is 1. The van der Waals surface area contributed by atoms with E-state index in [4.69, 9.17) is 27.6 Å². The number of aromatic nitrogens is 6. The van der Waals surface area contributed by atoms with E-state index < -0.39 is 11.7 Å². The van der Waals surface area contributed by atoms with Crippen LogP contribution in [0.25, 0.3) is 28.3 Å². The highest BCUT2D eigenvalue weighted by atomic mass is 35.5. The van der Waals surface area contributed by atoms with Crippen molar-refractivity contribution in [2.45, 2.75) is 32.1 Å². The summed E-state index contributed by atoms with van der Waals surface area (Å²) in [4.78, 5) is 31.2. The Balaban J connectivity index is 1.46. The van der Waals surface area contributed by atoms with Crippen LogP contribution in [0.15, 0.2) is 64.4 Å². The molecular formula is C29H24Cl2FN7O3. The van der Waals surface area contributed by atoms with Crippen LogP contribution in [-0.2, 0) is 11.8 Å². The molecule has 2 bridgehead atoms. The van der Waals surface area contributed by atoms with E-state index in [0.29, 0.717) is 36.2 Å². The van der Waals surface area contributed by atoms with Crippen LogP contribution in [0, 0.1) is 11.7 Å². The van der Waals surface area contributed by atoms with E-state index in [9.17, 15) is 9.59 Å². The molecule has 0 saturated carbocycles. The molecule has 1 N–H and O–H groups in total.